The molecule has 1 rings (SSSR count). The second-order valence-corrected chi connectivity index (χ2v) is 3.41. The third-order valence-corrected chi connectivity index (χ3v) is 2.41. The zero-order chi connectivity index (χ0) is 8.97. The van der Waals surface area contributed by atoms with Gasteiger partial charge in [-0.2, -0.15) is 4.91 Å². The van der Waals surface area contributed by atoms with Crippen LogP contribution in [0.2, 0.25) is 0 Å². The Morgan fingerprint density at radius 3 is 2.92 bits per heavy atom. The highest BCUT2D eigenvalue weighted by atomic mass is 16.3. The monoisotopic (exact) mass is 168 g/mol. The summed E-state index contributed by atoms with van der Waals surface area (Å²) in [4.78, 5) is 12.6. The molecule has 0 bridgehead atoms. The van der Waals surface area contributed by atoms with Crippen LogP contribution < -0.4 is 0 Å². The molecule has 3 nitrogen and oxygen atoms in total. The fourth-order valence-corrected chi connectivity index (χ4v) is 1.69. The van der Waals surface area contributed by atoms with Gasteiger partial charge in [0.15, 0.2) is 0 Å². The van der Waals surface area contributed by atoms with E-state index in [-0.39, 0.29) is 6.04 Å². The molecule has 0 aliphatic carbocycles. The number of likely N-dealkylation sites (tertiary alicyclic amines) is 1. The number of hydrogen-bond acceptors (Lipinski definition) is 3. The Kier molecular flexibility index (Phi) is 3.41. The van der Waals surface area contributed by atoms with Gasteiger partial charge in [0.25, 0.3) is 0 Å². The van der Waals surface area contributed by atoms with Crippen molar-refractivity contribution >= 4 is 0 Å². The normalized spacial score (nSPS) is 32.5. The van der Waals surface area contributed by atoms with E-state index in [1.54, 1.807) is 0 Å². The molecule has 1 fully saturated rings. The maximum absolute atomic E-state index is 10.5. The summed E-state index contributed by atoms with van der Waals surface area (Å²) >= 11 is 0. The summed E-state index contributed by atoms with van der Waals surface area (Å²) in [6, 6.07) is -0.0417. The summed E-state index contributed by atoms with van der Waals surface area (Å²) in [6.07, 6.45) is 5.16. The SMILES string of the molecule is C/C=C\C1CCN(C)CC1N=O. The van der Waals surface area contributed by atoms with Crippen molar-refractivity contribution in [3.05, 3.63) is 17.1 Å². The third-order valence-electron chi connectivity index (χ3n) is 2.41. The van der Waals surface area contributed by atoms with Gasteiger partial charge in [0.2, 0.25) is 0 Å². The van der Waals surface area contributed by atoms with Gasteiger partial charge in [0.05, 0.1) is 0 Å². The van der Waals surface area contributed by atoms with Crippen molar-refractivity contribution in [1.82, 2.24) is 4.90 Å². The van der Waals surface area contributed by atoms with Crippen LogP contribution in [0.3, 0.4) is 0 Å². The standard InChI is InChI=1S/C9H16N2O/c1-3-4-8-5-6-11(2)7-9(8)10-12/h3-4,8-9H,5-7H2,1-2H3/b4-3-. The van der Waals surface area contributed by atoms with Crippen molar-refractivity contribution in [2.45, 2.75) is 19.4 Å². The second kappa shape index (κ2) is 4.36. The lowest BCUT2D eigenvalue weighted by atomic mass is 9.92. The molecule has 0 aromatic rings. The minimum absolute atomic E-state index is 0.0417. The Balaban J connectivity index is 2.55. The molecule has 0 radical (unpaired) electrons. The van der Waals surface area contributed by atoms with E-state index in [0.717, 1.165) is 19.5 Å². The Bertz CT molecular complexity index is 179. The highest BCUT2D eigenvalue weighted by molar-refractivity contribution is 4.96. The predicted octanol–water partition coefficient (Wildman–Crippen LogP) is 1.65. The Hall–Kier alpha value is -0.700. The molecular formula is C9H16N2O. The summed E-state index contributed by atoms with van der Waals surface area (Å²) in [5.41, 5.74) is 0. The highest BCUT2D eigenvalue weighted by Crippen LogP contribution is 2.20. The summed E-state index contributed by atoms with van der Waals surface area (Å²) < 4.78 is 0. The quantitative estimate of drug-likeness (QED) is 0.464. The molecule has 68 valence electrons. The molecule has 1 aliphatic heterocycles. The van der Waals surface area contributed by atoms with Gasteiger partial charge in [0.1, 0.15) is 6.04 Å². The fourth-order valence-electron chi connectivity index (χ4n) is 1.69. The lowest BCUT2D eigenvalue weighted by molar-refractivity contribution is 0.216. The Morgan fingerprint density at radius 2 is 2.33 bits per heavy atom. The Labute approximate surface area is 73.4 Å². The molecule has 0 aromatic carbocycles. The zero-order valence-corrected chi connectivity index (χ0v) is 7.73. The molecule has 0 spiro atoms. The second-order valence-electron chi connectivity index (χ2n) is 3.41. The fraction of sp³-hybridized carbons (Fsp3) is 0.778. The number of nitroso groups, excluding NO2 is 1. The minimum Gasteiger partial charge on any atom is -0.304 e. The minimum atomic E-state index is -0.0417. The summed E-state index contributed by atoms with van der Waals surface area (Å²) in [7, 11) is 2.03. The molecule has 0 aromatic heterocycles. The molecule has 1 saturated heterocycles. The van der Waals surface area contributed by atoms with Crippen LogP contribution in [-0.4, -0.2) is 31.1 Å². The van der Waals surface area contributed by atoms with Crippen molar-refractivity contribution in [3.63, 3.8) is 0 Å². The average molecular weight is 168 g/mol. The van der Waals surface area contributed by atoms with Gasteiger partial charge in [-0.05, 0) is 26.9 Å². The number of piperidine rings is 1. The van der Waals surface area contributed by atoms with E-state index in [1.165, 1.54) is 0 Å². The first-order valence-electron chi connectivity index (χ1n) is 4.41. The van der Waals surface area contributed by atoms with Crippen LogP contribution in [0.25, 0.3) is 0 Å². The molecule has 1 heterocycles. The maximum Gasteiger partial charge on any atom is 0.111 e. The molecular weight excluding hydrogens is 152 g/mol. The number of nitrogens with zero attached hydrogens (tertiary/aromatic N) is 2. The van der Waals surface area contributed by atoms with Crippen LogP contribution >= 0.6 is 0 Å². The summed E-state index contributed by atoms with van der Waals surface area (Å²) in [6.45, 7) is 3.86. The molecule has 3 heteroatoms. The number of hydrogen-bond donors (Lipinski definition) is 0. The van der Waals surface area contributed by atoms with E-state index in [4.69, 9.17) is 0 Å². The highest BCUT2D eigenvalue weighted by Gasteiger charge is 2.26. The van der Waals surface area contributed by atoms with E-state index < -0.39 is 0 Å². The van der Waals surface area contributed by atoms with Crippen molar-refractivity contribution in [2.24, 2.45) is 11.1 Å². The van der Waals surface area contributed by atoms with Gasteiger partial charge in [-0.1, -0.05) is 17.3 Å². The Morgan fingerprint density at radius 1 is 1.58 bits per heavy atom. The maximum atomic E-state index is 10.5. The molecule has 1 aliphatic rings. The van der Waals surface area contributed by atoms with Crippen LogP contribution in [0.4, 0.5) is 0 Å². The van der Waals surface area contributed by atoms with Gasteiger partial charge >= 0.3 is 0 Å². The first-order chi connectivity index (χ1) is 5.77. The van der Waals surface area contributed by atoms with Crippen LogP contribution in [0, 0.1) is 10.8 Å². The van der Waals surface area contributed by atoms with Crippen LogP contribution in [0.5, 0.6) is 0 Å². The van der Waals surface area contributed by atoms with Crippen LogP contribution in [0.1, 0.15) is 13.3 Å². The average Bonchev–Trinajstić information content (AvgIpc) is 2.08. The molecule has 12 heavy (non-hydrogen) atoms. The number of likely N-dealkylation sites (N-methyl/N-ethyl adjacent to an activating group) is 1. The molecule has 0 saturated carbocycles. The molecule has 2 unspecified atom stereocenters. The van der Waals surface area contributed by atoms with Gasteiger partial charge in [-0.15, -0.1) is 0 Å². The van der Waals surface area contributed by atoms with E-state index in [9.17, 15) is 4.91 Å². The summed E-state index contributed by atoms with van der Waals surface area (Å²) in [5, 5.41) is 3.16. The first kappa shape index (κ1) is 9.39. The van der Waals surface area contributed by atoms with Gasteiger partial charge in [-0.25, -0.2) is 0 Å². The number of rotatable bonds is 2. The lowest BCUT2D eigenvalue weighted by Crippen LogP contribution is -2.39. The van der Waals surface area contributed by atoms with Crippen molar-refractivity contribution in [2.75, 3.05) is 20.1 Å². The van der Waals surface area contributed by atoms with E-state index >= 15 is 0 Å². The van der Waals surface area contributed by atoms with E-state index in [1.807, 2.05) is 20.0 Å². The largest absolute Gasteiger partial charge is 0.304 e. The van der Waals surface area contributed by atoms with Crippen molar-refractivity contribution < 1.29 is 0 Å². The lowest BCUT2D eigenvalue weighted by Gasteiger charge is -2.30. The van der Waals surface area contributed by atoms with E-state index in [0.29, 0.717) is 5.92 Å². The first-order valence-corrected chi connectivity index (χ1v) is 4.41. The molecule has 0 amide bonds. The van der Waals surface area contributed by atoms with Crippen LogP contribution in [-0.2, 0) is 0 Å². The smallest absolute Gasteiger partial charge is 0.111 e. The predicted molar refractivity (Wildman–Crippen MR) is 50.0 cm³/mol. The molecule has 2 atom stereocenters. The van der Waals surface area contributed by atoms with Crippen molar-refractivity contribution in [1.29, 1.82) is 0 Å². The molecule has 0 N–H and O–H groups in total. The number of allylic oxidation sites excluding steroid dienone is 1. The van der Waals surface area contributed by atoms with E-state index in [2.05, 4.69) is 16.2 Å². The van der Waals surface area contributed by atoms with Gasteiger partial charge < -0.3 is 4.90 Å². The third kappa shape index (κ3) is 2.14. The summed E-state index contributed by atoms with van der Waals surface area (Å²) in [5.74, 6) is 0.365. The topological polar surface area (TPSA) is 32.7 Å². The van der Waals surface area contributed by atoms with Gasteiger partial charge in [0, 0.05) is 12.5 Å². The van der Waals surface area contributed by atoms with Crippen LogP contribution in [0.15, 0.2) is 17.3 Å². The van der Waals surface area contributed by atoms with Gasteiger partial charge in [-0.3, -0.25) is 0 Å². The zero-order valence-electron chi connectivity index (χ0n) is 7.73. The van der Waals surface area contributed by atoms with Crippen molar-refractivity contribution in [3.8, 4) is 0 Å².